The van der Waals surface area contributed by atoms with Crippen molar-refractivity contribution in [2.45, 2.75) is 6.54 Å². The summed E-state index contributed by atoms with van der Waals surface area (Å²) in [6.45, 7) is 4.92. The van der Waals surface area contributed by atoms with Crippen LogP contribution in [0.15, 0.2) is 48.5 Å². The Kier molecular flexibility index (Phi) is 5.51. The third kappa shape index (κ3) is 4.35. The highest BCUT2D eigenvalue weighted by Gasteiger charge is 2.19. The molecule has 0 radical (unpaired) electrons. The molecule has 126 valence electrons. The van der Waals surface area contributed by atoms with E-state index in [1.54, 1.807) is 0 Å². The SMILES string of the molecule is NC(=O)CN1CCN(Cc2ccccc2-c2ccc(Cl)cc2)CC1. The fourth-order valence-electron chi connectivity index (χ4n) is 3.14. The monoisotopic (exact) mass is 343 g/mol. The average molecular weight is 344 g/mol. The maximum atomic E-state index is 11.0. The maximum absolute atomic E-state index is 11.0. The van der Waals surface area contributed by atoms with Crippen LogP contribution in [0.25, 0.3) is 11.1 Å². The zero-order chi connectivity index (χ0) is 16.9. The lowest BCUT2D eigenvalue weighted by atomic mass is 9.99. The highest BCUT2D eigenvalue weighted by atomic mass is 35.5. The molecule has 0 saturated carbocycles. The largest absolute Gasteiger partial charge is 0.369 e. The predicted molar refractivity (Wildman–Crippen MR) is 97.8 cm³/mol. The second-order valence-electron chi connectivity index (χ2n) is 6.18. The van der Waals surface area contributed by atoms with Gasteiger partial charge in [0.1, 0.15) is 0 Å². The van der Waals surface area contributed by atoms with Gasteiger partial charge in [0.2, 0.25) is 5.91 Å². The van der Waals surface area contributed by atoms with Gasteiger partial charge in [-0.05, 0) is 28.8 Å². The molecule has 0 aromatic heterocycles. The molecule has 1 heterocycles. The lowest BCUT2D eigenvalue weighted by Crippen LogP contribution is -2.48. The minimum Gasteiger partial charge on any atom is -0.369 e. The van der Waals surface area contributed by atoms with Crippen molar-refractivity contribution in [2.24, 2.45) is 5.73 Å². The molecular weight excluding hydrogens is 322 g/mol. The van der Waals surface area contributed by atoms with Gasteiger partial charge in [-0.2, -0.15) is 0 Å². The van der Waals surface area contributed by atoms with Crippen molar-refractivity contribution in [3.05, 3.63) is 59.1 Å². The summed E-state index contributed by atoms with van der Waals surface area (Å²) in [5.74, 6) is -0.253. The summed E-state index contributed by atoms with van der Waals surface area (Å²) in [5, 5.41) is 0.752. The molecule has 2 aromatic rings. The molecular formula is C19H22ClN3O. The van der Waals surface area contributed by atoms with Crippen molar-refractivity contribution >= 4 is 17.5 Å². The van der Waals surface area contributed by atoms with E-state index in [4.69, 9.17) is 17.3 Å². The molecule has 0 spiro atoms. The van der Waals surface area contributed by atoms with Crippen LogP contribution in [-0.4, -0.2) is 48.4 Å². The van der Waals surface area contributed by atoms with Crippen molar-refractivity contribution < 1.29 is 4.79 Å². The molecule has 2 N–H and O–H groups in total. The number of carbonyl (C=O) groups is 1. The molecule has 2 aromatic carbocycles. The number of nitrogens with two attached hydrogens (primary N) is 1. The van der Waals surface area contributed by atoms with E-state index in [1.165, 1.54) is 16.7 Å². The first-order chi connectivity index (χ1) is 11.6. The van der Waals surface area contributed by atoms with Gasteiger partial charge in [-0.1, -0.05) is 48.0 Å². The molecule has 1 saturated heterocycles. The zero-order valence-corrected chi connectivity index (χ0v) is 14.4. The topological polar surface area (TPSA) is 49.6 Å². The molecule has 3 rings (SSSR count). The summed E-state index contributed by atoms with van der Waals surface area (Å²) >= 11 is 6.00. The van der Waals surface area contributed by atoms with Crippen LogP contribution in [0.1, 0.15) is 5.56 Å². The van der Waals surface area contributed by atoms with Gasteiger partial charge in [0.25, 0.3) is 0 Å². The van der Waals surface area contributed by atoms with E-state index in [0.717, 1.165) is 37.7 Å². The summed E-state index contributed by atoms with van der Waals surface area (Å²) < 4.78 is 0. The van der Waals surface area contributed by atoms with Crippen LogP contribution in [0.3, 0.4) is 0 Å². The van der Waals surface area contributed by atoms with E-state index in [-0.39, 0.29) is 5.91 Å². The van der Waals surface area contributed by atoms with Gasteiger partial charge in [0.15, 0.2) is 0 Å². The number of nitrogens with zero attached hydrogens (tertiary/aromatic N) is 2. The second kappa shape index (κ2) is 7.79. The fraction of sp³-hybridized carbons (Fsp3) is 0.316. The van der Waals surface area contributed by atoms with Crippen LogP contribution in [0.2, 0.25) is 5.02 Å². The van der Waals surface area contributed by atoms with E-state index >= 15 is 0 Å². The van der Waals surface area contributed by atoms with Gasteiger partial charge < -0.3 is 5.73 Å². The highest BCUT2D eigenvalue weighted by molar-refractivity contribution is 6.30. The van der Waals surface area contributed by atoms with Crippen molar-refractivity contribution in [3.8, 4) is 11.1 Å². The zero-order valence-electron chi connectivity index (χ0n) is 13.6. The number of carbonyl (C=O) groups excluding carboxylic acids is 1. The van der Waals surface area contributed by atoms with Gasteiger partial charge in [0.05, 0.1) is 6.54 Å². The van der Waals surface area contributed by atoms with E-state index in [0.29, 0.717) is 6.54 Å². The molecule has 0 unspecified atom stereocenters. The van der Waals surface area contributed by atoms with Crippen LogP contribution in [0, 0.1) is 0 Å². The average Bonchev–Trinajstić information content (AvgIpc) is 2.58. The second-order valence-corrected chi connectivity index (χ2v) is 6.62. The van der Waals surface area contributed by atoms with Gasteiger partial charge in [0, 0.05) is 37.7 Å². The summed E-state index contributed by atoms with van der Waals surface area (Å²) in [5.41, 5.74) is 9.01. The van der Waals surface area contributed by atoms with E-state index < -0.39 is 0 Å². The molecule has 24 heavy (non-hydrogen) atoms. The molecule has 4 nitrogen and oxygen atoms in total. The number of piperazine rings is 1. The molecule has 1 aliphatic heterocycles. The number of amides is 1. The lowest BCUT2D eigenvalue weighted by molar-refractivity contribution is -0.119. The standard InChI is InChI=1S/C19H22ClN3O/c20-17-7-5-15(6-8-17)18-4-2-1-3-16(18)13-22-9-11-23(12-10-22)14-19(21)24/h1-8H,9-14H2,(H2,21,24). The molecule has 1 amide bonds. The summed E-state index contributed by atoms with van der Waals surface area (Å²) in [7, 11) is 0. The summed E-state index contributed by atoms with van der Waals surface area (Å²) in [6, 6.07) is 16.5. The highest BCUT2D eigenvalue weighted by Crippen LogP contribution is 2.26. The first-order valence-electron chi connectivity index (χ1n) is 8.18. The number of primary amides is 1. The number of halogens is 1. The smallest absolute Gasteiger partial charge is 0.231 e. The number of hydrogen-bond donors (Lipinski definition) is 1. The van der Waals surface area contributed by atoms with Crippen LogP contribution in [0.5, 0.6) is 0 Å². The quantitative estimate of drug-likeness (QED) is 0.908. The first kappa shape index (κ1) is 17.0. The number of rotatable bonds is 5. The normalized spacial score (nSPS) is 16.2. The van der Waals surface area contributed by atoms with Crippen LogP contribution in [-0.2, 0) is 11.3 Å². The van der Waals surface area contributed by atoms with Gasteiger partial charge in [-0.25, -0.2) is 0 Å². The minimum atomic E-state index is -0.253. The Balaban J connectivity index is 1.68. The number of hydrogen-bond acceptors (Lipinski definition) is 3. The number of benzene rings is 2. The van der Waals surface area contributed by atoms with Crippen molar-refractivity contribution in [3.63, 3.8) is 0 Å². The van der Waals surface area contributed by atoms with E-state index in [2.05, 4.69) is 46.2 Å². The molecule has 1 fully saturated rings. The molecule has 0 bridgehead atoms. The van der Waals surface area contributed by atoms with Crippen LogP contribution >= 0.6 is 11.6 Å². The van der Waals surface area contributed by atoms with E-state index in [9.17, 15) is 4.79 Å². The van der Waals surface area contributed by atoms with Gasteiger partial charge >= 0.3 is 0 Å². The Morgan fingerprint density at radius 2 is 1.58 bits per heavy atom. The molecule has 0 aliphatic carbocycles. The van der Waals surface area contributed by atoms with Crippen molar-refractivity contribution in [1.82, 2.24) is 9.80 Å². The maximum Gasteiger partial charge on any atom is 0.231 e. The molecule has 0 atom stereocenters. The molecule has 5 heteroatoms. The van der Waals surface area contributed by atoms with Gasteiger partial charge in [-0.3, -0.25) is 14.6 Å². The fourth-order valence-corrected chi connectivity index (χ4v) is 3.26. The Labute approximate surface area is 147 Å². The minimum absolute atomic E-state index is 0.253. The molecule has 1 aliphatic rings. The Bertz CT molecular complexity index is 694. The third-order valence-electron chi connectivity index (χ3n) is 4.41. The lowest BCUT2D eigenvalue weighted by Gasteiger charge is -2.34. The van der Waals surface area contributed by atoms with Crippen molar-refractivity contribution in [1.29, 1.82) is 0 Å². The van der Waals surface area contributed by atoms with E-state index in [1.807, 2.05) is 12.1 Å². The van der Waals surface area contributed by atoms with Gasteiger partial charge in [-0.15, -0.1) is 0 Å². The first-order valence-corrected chi connectivity index (χ1v) is 8.56. The Hall–Kier alpha value is -1.88. The summed E-state index contributed by atoms with van der Waals surface area (Å²) in [6.07, 6.45) is 0. The Morgan fingerprint density at radius 1 is 0.958 bits per heavy atom. The van der Waals surface area contributed by atoms with Crippen molar-refractivity contribution in [2.75, 3.05) is 32.7 Å². The predicted octanol–water partition coefficient (Wildman–Crippen LogP) is 2.61. The van der Waals surface area contributed by atoms with Crippen LogP contribution in [0.4, 0.5) is 0 Å². The third-order valence-corrected chi connectivity index (χ3v) is 4.66. The van der Waals surface area contributed by atoms with Crippen LogP contribution < -0.4 is 5.73 Å². The summed E-state index contributed by atoms with van der Waals surface area (Å²) in [4.78, 5) is 15.6. The Morgan fingerprint density at radius 3 is 2.25 bits per heavy atom.